The number of nitrogens with one attached hydrogen (secondary N) is 1. The third-order valence-corrected chi connectivity index (χ3v) is 2.10. The van der Waals surface area contributed by atoms with E-state index in [4.69, 9.17) is 5.11 Å². The standard InChI is InChI=1S/C10H12FN3O4/c1-5(11)8-13-6(9(15)16)4-7(10(17)18-3)14(8)12-2/h4,12H,1-3H3,(H,15,16)/b8-5+. The molecule has 18 heavy (non-hydrogen) atoms. The summed E-state index contributed by atoms with van der Waals surface area (Å²) in [5, 5.41) is 9.87. The number of hydrogen-bond donors (Lipinski definition) is 2. The molecule has 0 saturated heterocycles. The van der Waals surface area contributed by atoms with Crippen LogP contribution in [0.2, 0.25) is 0 Å². The van der Waals surface area contributed by atoms with Crippen LogP contribution in [0.25, 0.3) is 0 Å². The van der Waals surface area contributed by atoms with E-state index < -0.39 is 23.5 Å². The third-order valence-electron chi connectivity index (χ3n) is 2.10. The molecule has 0 fully saturated rings. The van der Waals surface area contributed by atoms with Gasteiger partial charge in [0.1, 0.15) is 11.5 Å². The van der Waals surface area contributed by atoms with Crippen LogP contribution in [0.3, 0.4) is 0 Å². The fourth-order valence-electron chi connectivity index (χ4n) is 1.33. The number of ether oxygens (including phenoxy) is 1. The molecule has 0 radical (unpaired) electrons. The van der Waals surface area contributed by atoms with Crippen molar-refractivity contribution in [2.75, 3.05) is 14.2 Å². The molecule has 1 heterocycles. The lowest BCUT2D eigenvalue weighted by Gasteiger charge is -2.27. The highest BCUT2D eigenvalue weighted by Crippen LogP contribution is 2.22. The Labute approximate surface area is 102 Å². The molecule has 0 bridgehead atoms. The molecule has 0 aliphatic carbocycles. The second kappa shape index (κ2) is 5.41. The quantitative estimate of drug-likeness (QED) is 0.701. The summed E-state index contributed by atoms with van der Waals surface area (Å²) < 4.78 is 17.8. The zero-order valence-corrected chi connectivity index (χ0v) is 10.0. The maximum atomic E-state index is 13.3. The SMILES string of the molecule is CNN1C(C(=O)OC)=CC(C(=O)O)=N/C1=C(/C)F. The van der Waals surface area contributed by atoms with E-state index in [1.165, 1.54) is 7.05 Å². The number of carboxylic acid groups (broad SMARTS) is 1. The van der Waals surface area contributed by atoms with Crippen LogP contribution in [0, 0.1) is 0 Å². The van der Waals surface area contributed by atoms with Gasteiger partial charge in [-0.05, 0) is 6.92 Å². The first kappa shape index (κ1) is 13.8. The topological polar surface area (TPSA) is 91.2 Å². The molecule has 7 nitrogen and oxygen atoms in total. The van der Waals surface area contributed by atoms with Crippen molar-refractivity contribution in [1.29, 1.82) is 0 Å². The zero-order chi connectivity index (χ0) is 13.9. The molecule has 0 amide bonds. The number of carboxylic acids is 1. The first-order valence-electron chi connectivity index (χ1n) is 4.88. The van der Waals surface area contributed by atoms with Crippen molar-refractivity contribution in [3.63, 3.8) is 0 Å². The lowest BCUT2D eigenvalue weighted by Crippen LogP contribution is -2.40. The maximum Gasteiger partial charge on any atom is 0.356 e. The highest BCUT2D eigenvalue weighted by molar-refractivity contribution is 6.41. The van der Waals surface area contributed by atoms with E-state index in [2.05, 4.69) is 15.2 Å². The summed E-state index contributed by atoms with van der Waals surface area (Å²) in [6, 6.07) is 0. The second-order valence-corrected chi connectivity index (χ2v) is 3.24. The van der Waals surface area contributed by atoms with Crippen molar-refractivity contribution in [2.24, 2.45) is 4.99 Å². The molecule has 0 atom stereocenters. The summed E-state index contributed by atoms with van der Waals surface area (Å²) in [5.74, 6) is -3.22. The van der Waals surface area contributed by atoms with Gasteiger partial charge in [0.15, 0.2) is 11.5 Å². The average Bonchev–Trinajstić information content (AvgIpc) is 2.35. The third kappa shape index (κ3) is 2.54. The number of esters is 1. The van der Waals surface area contributed by atoms with Gasteiger partial charge in [0.25, 0.3) is 0 Å². The minimum atomic E-state index is -1.37. The van der Waals surface area contributed by atoms with Gasteiger partial charge in [0.05, 0.1) is 7.11 Å². The average molecular weight is 257 g/mol. The Kier molecular flexibility index (Phi) is 4.16. The van der Waals surface area contributed by atoms with Crippen LogP contribution in [0.15, 0.2) is 28.4 Å². The molecule has 0 unspecified atom stereocenters. The number of aliphatic imine (C=N–C) groups is 1. The Morgan fingerprint density at radius 1 is 1.56 bits per heavy atom. The van der Waals surface area contributed by atoms with Gasteiger partial charge in [-0.1, -0.05) is 0 Å². The smallest absolute Gasteiger partial charge is 0.356 e. The summed E-state index contributed by atoms with van der Waals surface area (Å²) in [4.78, 5) is 26.0. The summed E-state index contributed by atoms with van der Waals surface area (Å²) >= 11 is 0. The first-order chi connectivity index (χ1) is 8.42. The van der Waals surface area contributed by atoms with E-state index >= 15 is 0 Å². The molecule has 1 aliphatic rings. The Bertz CT molecular complexity index is 478. The van der Waals surface area contributed by atoms with E-state index in [0.717, 1.165) is 25.1 Å². The molecular weight excluding hydrogens is 245 g/mol. The van der Waals surface area contributed by atoms with E-state index in [0.29, 0.717) is 0 Å². The van der Waals surface area contributed by atoms with Crippen molar-refractivity contribution in [3.8, 4) is 0 Å². The number of halogens is 1. The number of carbonyl (C=O) groups is 2. The number of carbonyl (C=O) groups excluding carboxylic acids is 1. The maximum absolute atomic E-state index is 13.3. The molecule has 0 spiro atoms. The number of allylic oxidation sites excluding steroid dienone is 1. The van der Waals surface area contributed by atoms with Crippen LogP contribution in [-0.4, -0.2) is 41.9 Å². The minimum absolute atomic E-state index is 0.167. The van der Waals surface area contributed by atoms with E-state index in [-0.39, 0.29) is 11.5 Å². The predicted octanol–water partition coefficient (Wildman–Crippen LogP) is 0.177. The monoisotopic (exact) mass is 257 g/mol. The van der Waals surface area contributed by atoms with E-state index in [1.807, 2.05) is 0 Å². The lowest BCUT2D eigenvalue weighted by molar-refractivity contribution is -0.138. The molecule has 0 aromatic rings. The summed E-state index contributed by atoms with van der Waals surface area (Å²) in [5.41, 5.74) is 1.91. The highest BCUT2D eigenvalue weighted by Gasteiger charge is 2.29. The molecular formula is C10H12FN3O4. The van der Waals surface area contributed by atoms with Gasteiger partial charge in [-0.3, -0.25) is 5.01 Å². The Morgan fingerprint density at radius 2 is 2.17 bits per heavy atom. The number of rotatable bonds is 3. The number of hydrogen-bond acceptors (Lipinski definition) is 6. The van der Waals surface area contributed by atoms with Crippen LogP contribution in [0.4, 0.5) is 4.39 Å². The Morgan fingerprint density at radius 3 is 2.56 bits per heavy atom. The van der Waals surface area contributed by atoms with Gasteiger partial charge >= 0.3 is 11.9 Å². The van der Waals surface area contributed by atoms with Crippen molar-refractivity contribution < 1.29 is 23.8 Å². The number of aliphatic carboxylic acids is 1. The molecule has 0 aromatic heterocycles. The fourth-order valence-corrected chi connectivity index (χ4v) is 1.33. The van der Waals surface area contributed by atoms with Crippen molar-refractivity contribution >= 4 is 17.7 Å². The van der Waals surface area contributed by atoms with Gasteiger partial charge in [-0.25, -0.2) is 24.4 Å². The van der Waals surface area contributed by atoms with Gasteiger partial charge in [0, 0.05) is 13.1 Å². The summed E-state index contributed by atoms with van der Waals surface area (Å²) in [6.07, 6.45) is 0.997. The summed E-state index contributed by atoms with van der Waals surface area (Å²) in [7, 11) is 2.57. The van der Waals surface area contributed by atoms with Crippen molar-refractivity contribution in [3.05, 3.63) is 23.4 Å². The van der Waals surface area contributed by atoms with Gasteiger partial charge in [-0.2, -0.15) is 0 Å². The molecule has 0 saturated carbocycles. The van der Waals surface area contributed by atoms with Crippen molar-refractivity contribution in [2.45, 2.75) is 6.92 Å². The lowest BCUT2D eigenvalue weighted by atomic mass is 10.2. The summed E-state index contributed by atoms with van der Waals surface area (Å²) in [6.45, 7) is 1.10. The van der Waals surface area contributed by atoms with Crippen LogP contribution >= 0.6 is 0 Å². The van der Waals surface area contributed by atoms with Gasteiger partial charge in [0.2, 0.25) is 0 Å². The van der Waals surface area contributed by atoms with E-state index in [1.54, 1.807) is 0 Å². The normalized spacial score (nSPS) is 17.9. The molecule has 1 aliphatic heterocycles. The van der Waals surface area contributed by atoms with Crippen molar-refractivity contribution in [1.82, 2.24) is 10.4 Å². The highest BCUT2D eigenvalue weighted by atomic mass is 19.1. The van der Waals surface area contributed by atoms with Crippen LogP contribution < -0.4 is 5.43 Å². The molecule has 0 aromatic carbocycles. The van der Waals surface area contributed by atoms with E-state index in [9.17, 15) is 14.0 Å². The molecule has 98 valence electrons. The molecule has 8 heteroatoms. The Balaban J connectivity index is 3.38. The second-order valence-electron chi connectivity index (χ2n) is 3.24. The molecule has 1 rings (SSSR count). The molecule has 2 N–H and O–H groups in total. The zero-order valence-electron chi connectivity index (χ0n) is 10.0. The van der Waals surface area contributed by atoms with Crippen LogP contribution in [0.1, 0.15) is 6.92 Å². The van der Waals surface area contributed by atoms with Gasteiger partial charge in [-0.15, -0.1) is 0 Å². The largest absolute Gasteiger partial charge is 0.477 e. The van der Waals surface area contributed by atoms with Crippen LogP contribution in [-0.2, 0) is 14.3 Å². The number of hydrazine groups is 1. The predicted molar refractivity (Wildman–Crippen MR) is 59.9 cm³/mol. The van der Waals surface area contributed by atoms with Gasteiger partial charge < -0.3 is 9.84 Å². The fraction of sp³-hybridized carbons (Fsp3) is 0.300. The number of nitrogens with zero attached hydrogens (tertiary/aromatic N) is 2. The Hall–Kier alpha value is -2.22. The minimum Gasteiger partial charge on any atom is -0.477 e. The van der Waals surface area contributed by atoms with Crippen LogP contribution in [0.5, 0.6) is 0 Å². The number of methoxy groups -OCH3 is 1. The first-order valence-corrected chi connectivity index (χ1v) is 4.88.